The number of carbonyl (C=O) groups excluding carboxylic acids is 1. The van der Waals surface area contributed by atoms with Crippen molar-refractivity contribution in [3.63, 3.8) is 0 Å². The number of unbranched alkanes of at least 4 members (excludes halogenated alkanes) is 47. The average Bonchev–Trinajstić information content (AvgIpc) is 3.46. The molecule has 0 aromatic carbocycles. The van der Waals surface area contributed by atoms with Crippen LogP contribution in [-0.2, 0) is 14.3 Å². The van der Waals surface area contributed by atoms with Crippen LogP contribution in [-0.4, -0.2) is 110 Å². The van der Waals surface area contributed by atoms with E-state index in [1.165, 1.54) is 270 Å². The first-order valence-corrected chi connectivity index (χ1v) is 34.6. The number of hydrogen-bond acceptors (Lipinski definition) is 10. The Bertz CT molecular complexity index is 1290. The number of allylic oxidation sites excluding steroid dienone is 2. The average molecular weight is 1120 g/mol. The molecule has 1 fully saturated rings. The number of ether oxygens (including phenoxy) is 2. The Morgan fingerprint density at radius 3 is 1.09 bits per heavy atom. The monoisotopic (exact) mass is 1120 g/mol. The van der Waals surface area contributed by atoms with Gasteiger partial charge in [0.1, 0.15) is 36.6 Å². The Balaban J connectivity index is 2.18. The third-order valence-electron chi connectivity index (χ3n) is 17.1. The minimum atomic E-state index is -1.67. The van der Waals surface area contributed by atoms with Crippen LogP contribution < -0.4 is 5.32 Å². The van der Waals surface area contributed by atoms with Crippen molar-refractivity contribution in [2.75, 3.05) is 13.2 Å². The predicted octanol–water partition coefficient (Wildman–Crippen LogP) is 16.3. The van der Waals surface area contributed by atoms with Gasteiger partial charge in [0.25, 0.3) is 0 Å². The first-order valence-electron chi connectivity index (χ1n) is 34.6. The van der Waals surface area contributed by atoms with Gasteiger partial charge in [0.15, 0.2) is 6.29 Å². The number of rotatable bonds is 61. The lowest BCUT2D eigenvalue weighted by Crippen LogP contribution is -2.60. The molecule has 0 aromatic heterocycles. The summed E-state index contributed by atoms with van der Waals surface area (Å²) in [7, 11) is 0. The maximum absolute atomic E-state index is 13.2. The predicted molar refractivity (Wildman–Crippen MR) is 330 cm³/mol. The van der Waals surface area contributed by atoms with Crippen LogP contribution in [0.25, 0.3) is 0 Å². The Morgan fingerprint density at radius 1 is 0.430 bits per heavy atom. The molecule has 0 saturated carbocycles. The Kier molecular flexibility index (Phi) is 55.0. The first-order chi connectivity index (χ1) is 38.7. The van der Waals surface area contributed by atoms with Crippen LogP contribution in [0.2, 0.25) is 0 Å². The lowest BCUT2D eigenvalue weighted by molar-refractivity contribution is -0.303. The molecule has 470 valence electrons. The molecule has 11 nitrogen and oxygen atoms in total. The molecule has 9 atom stereocenters. The summed E-state index contributed by atoms with van der Waals surface area (Å²) in [6, 6.07) is -1.18. The minimum absolute atomic E-state index is 0.260. The van der Waals surface area contributed by atoms with Crippen molar-refractivity contribution in [2.24, 2.45) is 0 Å². The van der Waals surface area contributed by atoms with E-state index in [9.17, 15) is 40.5 Å². The Hall–Kier alpha value is -1.15. The number of amides is 1. The maximum atomic E-state index is 13.2. The highest BCUT2D eigenvalue weighted by molar-refractivity contribution is 5.80. The standard InChI is InChI=1S/C68H133NO10/c1-3-5-7-9-11-13-15-17-19-21-23-25-26-27-28-29-30-31-32-33-34-35-36-38-40-42-44-46-48-50-52-54-56-61(72)67(77)69-59(58-78-68-66(76)65(75)64(74)62(57-70)79-68)63(73)60(71)55-53-51-49-47-45-43-41-39-37-24-22-20-18-16-14-12-10-8-6-4-2/h47,49,59-66,68,70-76H,3-46,48,50-58H2,1-2H3,(H,69,77)/b49-47+. The molecular formula is C68H133NO10. The fraction of sp³-hybridized carbons (Fsp3) is 0.956. The van der Waals surface area contributed by atoms with Gasteiger partial charge in [-0.05, 0) is 38.5 Å². The second-order valence-electron chi connectivity index (χ2n) is 24.6. The van der Waals surface area contributed by atoms with E-state index in [-0.39, 0.29) is 12.8 Å². The molecule has 0 radical (unpaired) electrons. The number of aliphatic hydroxyl groups excluding tert-OH is 7. The number of hydrogen-bond donors (Lipinski definition) is 8. The highest BCUT2D eigenvalue weighted by atomic mass is 16.7. The lowest BCUT2D eigenvalue weighted by atomic mass is 9.98. The fourth-order valence-corrected chi connectivity index (χ4v) is 11.5. The fourth-order valence-electron chi connectivity index (χ4n) is 11.5. The molecule has 1 heterocycles. The number of carbonyl (C=O) groups is 1. The second-order valence-corrected chi connectivity index (χ2v) is 24.6. The summed E-state index contributed by atoms with van der Waals surface area (Å²) in [5.74, 6) is -0.698. The molecular weight excluding hydrogens is 991 g/mol. The zero-order chi connectivity index (χ0) is 57.5. The SMILES string of the molecule is CCCCCCCCCCCCCCCCC/C=C/CCCC(O)C(O)C(COC1OC(CO)C(O)C(O)C1O)NC(=O)C(O)CCCCCCCCCCCCCCCCCCCCCCCCCCCCCCCCCC. The summed E-state index contributed by atoms with van der Waals surface area (Å²) in [6.45, 7) is 3.50. The van der Waals surface area contributed by atoms with Gasteiger partial charge in [-0.1, -0.05) is 321 Å². The summed E-state index contributed by atoms with van der Waals surface area (Å²) in [5, 5.41) is 76.4. The van der Waals surface area contributed by atoms with Crippen molar-refractivity contribution in [3.05, 3.63) is 12.2 Å². The van der Waals surface area contributed by atoms with Crippen LogP contribution in [0, 0.1) is 0 Å². The van der Waals surface area contributed by atoms with Crippen LogP contribution in [0.3, 0.4) is 0 Å². The molecule has 9 unspecified atom stereocenters. The van der Waals surface area contributed by atoms with Gasteiger partial charge in [-0.2, -0.15) is 0 Å². The summed E-state index contributed by atoms with van der Waals surface area (Å²) in [5.41, 5.74) is 0. The molecule has 1 aliphatic rings. The van der Waals surface area contributed by atoms with E-state index in [4.69, 9.17) is 9.47 Å². The lowest BCUT2D eigenvalue weighted by Gasteiger charge is -2.40. The highest BCUT2D eigenvalue weighted by Crippen LogP contribution is 2.24. The summed E-state index contributed by atoms with van der Waals surface area (Å²) < 4.78 is 11.2. The van der Waals surface area contributed by atoms with Gasteiger partial charge in [0, 0.05) is 0 Å². The third kappa shape index (κ3) is 45.0. The van der Waals surface area contributed by atoms with E-state index < -0.39 is 74.2 Å². The molecule has 0 aromatic rings. The summed E-state index contributed by atoms with van der Waals surface area (Å²) in [4.78, 5) is 13.2. The molecule has 1 rings (SSSR count). The van der Waals surface area contributed by atoms with Crippen molar-refractivity contribution in [2.45, 2.75) is 403 Å². The molecule has 1 amide bonds. The normalized spacial score (nSPS) is 19.3. The summed E-state index contributed by atoms with van der Waals surface area (Å²) in [6.07, 6.45) is 58.7. The quantitative estimate of drug-likeness (QED) is 0.0215. The molecule has 0 aliphatic carbocycles. The van der Waals surface area contributed by atoms with Gasteiger partial charge >= 0.3 is 0 Å². The molecule has 0 bridgehead atoms. The minimum Gasteiger partial charge on any atom is -0.394 e. The number of aliphatic hydroxyl groups is 7. The van der Waals surface area contributed by atoms with Crippen molar-refractivity contribution < 1.29 is 50.0 Å². The molecule has 0 spiro atoms. The van der Waals surface area contributed by atoms with Crippen LogP contribution in [0.15, 0.2) is 12.2 Å². The van der Waals surface area contributed by atoms with Gasteiger partial charge in [-0.15, -0.1) is 0 Å². The van der Waals surface area contributed by atoms with E-state index in [1.807, 2.05) is 0 Å². The van der Waals surface area contributed by atoms with Crippen molar-refractivity contribution in [1.29, 1.82) is 0 Å². The van der Waals surface area contributed by atoms with Crippen LogP contribution in [0.5, 0.6) is 0 Å². The maximum Gasteiger partial charge on any atom is 0.249 e. The van der Waals surface area contributed by atoms with Gasteiger partial charge in [-0.25, -0.2) is 0 Å². The first kappa shape index (κ1) is 75.9. The van der Waals surface area contributed by atoms with Crippen LogP contribution in [0.1, 0.15) is 348 Å². The Labute approximate surface area is 487 Å². The topological polar surface area (TPSA) is 189 Å². The highest BCUT2D eigenvalue weighted by Gasteiger charge is 2.44. The second kappa shape index (κ2) is 57.3. The van der Waals surface area contributed by atoms with Crippen molar-refractivity contribution >= 4 is 5.91 Å². The molecule has 11 heteroatoms. The smallest absolute Gasteiger partial charge is 0.249 e. The molecule has 8 N–H and O–H groups in total. The van der Waals surface area contributed by atoms with Crippen molar-refractivity contribution in [3.8, 4) is 0 Å². The third-order valence-corrected chi connectivity index (χ3v) is 17.1. The summed E-state index contributed by atoms with van der Waals surface area (Å²) >= 11 is 0. The zero-order valence-corrected chi connectivity index (χ0v) is 51.9. The van der Waals surface area contributed by atoms with E-state index >= 15 is 0 Å². The molecule has 79 heavy (non-hydrogen) atoms. The van der Waals surface area contributed by atoms with Crippen LogP contribution in [0.4, 0.5) is 0 Å². The number of nitrogens with one attached hydrogen (secondary N) is 1. The van der Waals surface area contributed by atoms with E-state index in [2.05, 4.69) is 31.3 Å². The van der Waals surface area contributed by atoms with E-state index in [0.29, 0.717) is 12.8 Å². The Morgan fingerprint density at radius 2 is 0.747 bits per heavy atom. The van der Waals surface area contributed by atoms with Crippen molar-refractivity contribution in [1.82, 2.24) is 5.32 Å². The van der Waals surface area contributed by atoms with E-state index in [0.717, 1.165) is 38.5 Å². The van der Waals surface area contributed by atoms with Gasteiger partial charge < -0.3 is 50.5 Å². The molecule has 1 saturated heterocycles. The largest absolute Gasteiger partial charge is 0.394 e. The van der Waals surface area contributed by atoms with E-state index in [1.54, 1.807) is 0 Å². The van der Waals surface area contributed by atoms with Crippen LogP contribution >= 0.6 is 0 Å². The van der Waals surface area contributed by atoms with Gasteiger partial charge in [0.2, 0.25) is 5.91 Å². The van der Waals surface area contributed by atoms with Gasteiger partial charge in [0.05, 0.1) is 25.4 Å². The molecule has 1 aliphatic heterocycles. The van der Waals surface area contributed by atoms with Gasteiger partial charge in [-0.3, -0.25) is 4.79 Å². The zero-order valence-electron chi connectivity index (χ0n) is 51.9.